The Morgan fingerprint density at radius 3 is 2.76 bits per heavy atom. The zero-order valence-electron chi connectivity index (χ0n) is 14.3. The number of benzene rings is 1. The topological polar surface area (TPSA) is 77.0 Å². The number of halogens is 1. The summed E-state index contributed by atoms with van der Waals surface area (Å²) in [5.74, 6) is 1.89. The summed E-state index contributed by atoms with van der Waals surface area (Å²) < 4.78 is 16.1. The van der Waals surface area contributed by atoms with Gasteiger partial charge in [0.1, 0.15) is 17.5 Å². The summed E-state index contributed by atoms with van der Waals surface area (Å²) in [6.45, 7) is 3.85. The minimum atomic E-state index is -0.397. The number of piperidine rings is 1. The maximum atomic E-state index is 13.8. The molecule has 0 saturated carbocycles. The van der Waals surface area contributed by atoms with E-state index in [0.29, 0.717) is 35.8 Å². The van der Waals surface area contributed by atoms with Gasteiger partial charge in [0.05, 0.1) is 5.56 Å². The monoisotopic (exact) mass is 343 g/mol. The summed E-state index contributed by atoms with van der Waals surface area (Å²) in [6.07, 6.45) is 3.83. The summed E-state index contributed by atoms with van der Waals surface area (Å²) in [6, 6.07) is 2.77. The van der Waals surface area contributed by atoms with Crippen LogP contribution in [0.25, 0.3) is 0 Å². The molecule has 25 heavy (non-hydrogen) atoms. The Labute approximate surface area is 145 Å². The average molecular weight is 343 g/mol. The van der Waals surface area contributed by atoms with Crippen LogP contribution in [0.2, 0.25) is 0 Å². The first kappa shape index (κ1) is 16.1. The average Bonchev–Trinajstić information content (AvgIpc) is 3.22. The lowest BCUT2D eigenvalue weighted by molar-refractivity contribution is 0.0710. The molecule has 2 N–H and O–H groups in total. The molecular formula is C18H22FN5O. The van der Waals surface area contributed by atoms with Gasteiger partial charge in [-0.3, -0.25) is 4.79 Å². The van der Waals surface area contributed by atoms with Crippen LogP contribution in [0.3, 0.4) is 0 Å². The summed E-state index contributed by atoms with van der Waals surface area (Å²) >= 11 is 0. The second-order valence-electron chi connectivity index (χ2n) is 6.93. The minimum absolute atomic E-state index is 0.181. The Morgan fingerprint density at radius 2 is 2.00 bits per heavy atom. The number of nitrogen functional groups attached to an aromatic ring is 1. The number of aromatic nitrogens is 3. The van der Waals surface area contributed by atoms with Gasteiger partial charge in [-0.25, -0.2) is 4.39 Å². The van der Waals surface area contributed by atoms with E-state index >= 15 is 0 Å². The maximum absolute atomic E-state index is 13.8. The number of rotatable bonds is 2. The highest BCUT2D eigenvalue weighted by atomic mass is 19.1. The van der Waals surface area contributed by atoms with Gasteiger partial charge in [-0.15, -0.1) is 10.2 Å². The predicted octanol–water partition coefficient (Wildman–Crippen LogP) is 2.27. The van der Waals surface area contributed by atoms with Gasteiger partial charge in [-0.1, -0.05) is 0 Å². The third-order valence-electron chi connectivity index (χ3n) is 5.43. The highest BCUT2D eigenvalue weighted by Gasteiger charge is 2.30. The van der Waals surface area contributed by atoms with Gasteiger partial charge < -0.3 is 15.2 Å². The van der Waals surface area contributed by atoms with Crippen molar-refractivity contribution in [2.45, 2.75) is 45.1 Å². The Balaban J connectivity index is 1.49. The Kier molecular flexibility index (Phi) is 3.94. The van der Waals surface area contributed by atoms with E-state index in [1.165, 1.54) is 12.1 Å². The number of aryl methyl sites for hydroxylation is 1. The van der Waals surface area contributed by atoms with E-state index in [9.17, 15) is 9.18 Å². The lowest BCUT2D eigenvalue weighted by Gasteiger charge is -2.32. The van der Waals surface area contributed by atoms with E-state index in [1.54, 1.807) is 11.8 Å². The van der Waals surface area contributed by atoms with Crippen LogP contribution in [0.5, 0.6) is 0 Å². The molecule has 7 heteroatoms. The van der Waals surface area contributed by atoms with E-state index in [0.717, 1.165) is 43.9 Å². The quantitative estimate of drug-likeness (QED) is 0.849. The molecule has 132 valence electrons. The van der Waals surface area contributed by atoms with Crippen LogP contribution in [0.1, 0.15) is 52.8 Å². The van der Waals surface area contributed by atoms with Crippen molar-refractivity contribution in [1.29, 1.82) is 0 Å². The lowest BCUT2D eigenvalue weighted by Crippen LogP contribution is -2.39. The van der Waals surface area contributed by atoms with Crippen LogP contribution < -0.4 is 5.73 Å². The van der Waals surface area contributed by atoms with E-state index in [-0.39, 0.29) is 5.91 Å². The van der Waals surface area contributed by atoms with E-state index < -0.39 is 5.82 Å². The molecule has 1 aromatic carbocycles. The number of nitrogens with two attached hydrogens (primary N) is 1. The first-order valence-electron chi connectivity index (χ1n) is 8.82. The molecule has 0 aliphatic carbocycles. The van der Waals surface area contributed by atoms with Crippen molar-refractivity contribution in [1.82, 2.24) is 19.7 Å². The molecule has 1 aromatic heterocycles. The van der Waals surface area contributed by atoms with Crippen LogP contribution in [0, 0.1) is 12.7 Å². The Bertz CT molecular complexity index is 823. The van der Waals surface area contributed by atoms with E-state index in [1.807, 2.05) is 0 Å². The fourth-order valence-corrected chi connectivity index (χ4v) is 3.96. The van der Waals surface area contributed by atoms with Gasteiger partial charge in [0.25, 0.3) is 5.91 Å². The second kappa shape index (κ2) is 6.13. The zero-order valence-corrected chi connectivity index (χ0v) is 14.3. The summed E-state index contributed by atoms with van der Waals surface area (Å²) in [7, 11) is 0. The Hall–Kier alpha value is -2.44. The number of likely N-dealkylation sites (tertiary alicyclic amines) is 1. The minimum Gasteiger partial charge on any atom is -0.398 e. The van der Waals surface area contributed by atoms with Gasteiger partial charge in [-0.2, -0.15) is 0 Å². The molecular weight excluding hydrogens is 321 g/mol. The number of fused-ring (bicyclic) bond motifs is 1. The molecule has 0 radical (unpaired) electrons. The molecule has 0 unspecified atom stereocenters. The van der Waals surface area contributed by atoms with Crippen molar-refractivity contribution < 1.29 is 9.18 Å². The number of amides is 1. The summed E-state index contributed by atoms with van der Waals surface area (Å²) in [4.78, 5) is 14.6. The molecule has 6 nitrogen and oxygen atoms in total. The molecule has 2 aliphatic heterocycles. The highest BCUT2D eigenvalue weighted by Crippen LogP contribution is 2.31. The van der Waals surface area contributed by atoms with Crippen molar-refractivity contribution in [2.24, 2.45) is 0 Å². The predicted molar refractivity (Wildman–Crippen MR) is 91.8 cm³/mol. The first-order chi connectivity index (χ1) is 12.1. The van der Waals surface area contributed by atoms with Crippen LogP contribution in [0.4, 0.5) is 10.1 Å². The van der Waals surface area contributed by atoms with E-state index in [4.69, 9.17) is 5.73 Å². The number of carbonyl (C=O) groups excluding carboxylic acids is 1. The summed E-state index contributed by atoms with van der Waals surface area (Å²) in [5, 5.41) is 8.65. The standard InChI is InChI=1S/C18H22FN5O/c1-11-13(19)4-5-14(20)16(11)18(25)23-9-6-12(7-10-23)17-22-21-15-3-2-8-24(15)17/h4-5,12H,2-3,6-10,20H2,1H3. The van der Waals surface area contributed by atoms with Crippen molar-refractivity contribution in [3.63, 3.8) is 0 Å². The van der Waals surface area contributed by atoms with Gasteiger partial charge in [0.2, 0.25) is 0 Å². The van der Waals surface area contributed by atoms with Gasteiger partial charge in [0.15, 0.2) is 0 Å². The van der Waals surface area contributed by atoms with Crippen molar-refractivity contribution >= 4 is 11.6 Å². The molecule has 1 saturated heterocycles. The molecule has 0 bridgehead atoms. The third-order valence-corrected chi connectivity index (χ3v) is 5.43. The largest absolute Gasteiger partial charge is 0.398 e. The van der Waals surface area contributed by atoms with Crippen molar-refractivity contribution in [3.8, 4) is 0 Å². The fourth-order valence-electron chi connectivity index (χ4n) is 3.96. The second-order valence-corrected chi connectivity index (χ2v) is 6.93. The van der Waals surface area contributed by atoms with Gasteiger partial charge in [0, 0.05) is 37.7 Å². The van der Waals surface area contributed by atoms with Crippen molar-refractivity contribution in [2.75, 3.05) is 18.8 Å². The van der Waals surface area contributed by atoms with Crippen LogP contribution >= 0.6 is 0 Å². The smallest absolute Gasteiger partial charge is 0.256 e. The normalized spacial score (nSPS) is 17.8. The zero-order chi connectivity index (χ0) is 17.6. The molecule has 0 atom stereocenters. The van der Waals surface area contributed by atoms with Crippen molar-refractivity contribution in [3.05, 3.63) is 40.7 Å². The summed E-state index contributed by atoms with van der Waals surface area (Å²) in [5.41, 5.74) is 6.88. The SMILES string of the molecule is Cc1c(F)ccc(N)c1C(=O)N1CCC(c2nnc3n2CCC3)CC1. The molecule has 1 amide bonds. The van der Waals surface area contributed by atoms with Crippen LogP contribution in [-0.4, -0.2) is 38.7 Å². The molecule has 0 spiro atoms. The molecule has 2 aliphatic rings. The number of carbonyl (C=O) groups is 1. The highest BCUT2D eigenvalue weighted by molar-refractivity contribution is 6.00. The number of nitrogens with zero attached hydrogens (tertiary/aromatic N) is 4. The van der Waals surface area contributed by atoms with Gasteiger partial charge in [-0.05, 0) is 43.9 Å². The van der Waals surface area contributed by atoms with Crippen LogP contribution in [0.15, 0.2) is 12.1 Å². The molecule has 3 heterocycles. The Morgan fingerprint density at radius 1 is 1.24 bits per heavy atom. The van der Waals surface area contributed by atoms with Crippen LogP contribution in [-0.2, 0) is 13.0 Å². The number of anilines is 1. The fraction of sp³-hybridized carbons (Fsp3) is 0.500. The lowest BCUT2D eigenvalue weighted by atomic mass is 9.94. The first-order valence-corrected chi connectivity index (χ1v) is 8.82. The molecule has 4 rings (SSSR count). The molecule has 1 fully saturated rings. The van der Waals surface area contributed by atoms with Gasteiger partial charge >= 0.3 is 0 Å². The third kappa shape index (κ3) is 2.67. The number of hydrogen-bond donors (Lipinski definition) is 1. The maximum Gasteiger partial charge on any atom is 0.256 e. The van der Waals surface area contributed by atoms with E-state index in [2.05, 4.69) is 14.8 Å². The number of hydrogen-bond acceptors (Lipinski definition) is 4. The molecule has 2 aromatic rings.